The molecule has 0 aliphatic heterocycles. The fourth-order valence-corrected chi connectivity index (χ4v) is 3.81. The second-order valence-electron chi connectivity index (χ2n) is 7.69. The lowest BCUT2D eigenvalue weighted by Crippen LogP contribution is -2.24. The highest BCUT2D eigenvalue weighted by Gasteiger charge is 2.30. The van der Waals surface area contributed by atoms with Gasteiger partial charge in [0.05, 0.1) is 0 Å². The fourth-order valence-electron chi connectivity index (χ4n) is 3.81. The summed E-state index contributed by atoms with van der Waals surface area (Å²) in [6, 6.07) is 9.87. The van der Waals surface area contributed by atoms with E-state index in [1.165, 1.54) is 37.7 Å². The molecule has 126 valence electrons. The van der Waals surface area contributed by atoms with Gasteiger partial charge in [0.1, 0.15) is 6.61 Å². The van der Waals surface area contributed by atoms with Crippen LogP contribution in [0.15, 0.2) is 41.5 Å². The Morgan fingerprint density at radius 2 is 1.70 bits per heavy atom. The van der Waals surface area contributed by atoms with Gasteiger partial charge in [-0.2, -0.15) is 0 Å². The summed E-state index contributed by atoms with van der Waals surface area (Å²) in [5.74, 6) is 0.373. The summed E-state index contributed by atoms with van der Waals surface area (Å²) >= 11 is 0. The highest BCUT2D eigenvalue weighted by molar-refractivity contribution is 5.89. The summed E-state index contributed by atoms with van der Waals surface area (Å²) in [5.41, 5.74) is 3.16. The first-order valence-electron chi connectivity index (χ1n) is 8.82. The Bertz CT molecular complexity index is 543. The Kier molecular flexibility index (Phi) is 6.04. The maximum absolute atomic E-state index is 12.6. The van der Waals surface area contributed by atoms with Crippen molar-refractivity contribution in [1.29, 1.82) is 0 Å². The van der Waals surface area contributed by atoms with Crippen molar-refractivity contribution in [1.82, 2.24) is 0 Å². The zero-order valence-electron chi connectivity index (χ0n) is 15.0. The molecular weight excluding hydrogens is 284 g/mol. The van der Waals surface area contributed by atoms with E-state index >= 15 is 0 Å². The smallest absolute Gasteiger partial charge is 0.334 e. The van der Waals surface area contributed by atoms with Crippen LogP contribution in [0.25, 0.3) is 0 Å². The number of benzene rings is 1. The van der Waals surface area contributed by atoms with Crippen LogP contribution in [0.3, 0.4) is 0 Å². The Morgan fingerprint density at radius 3 is 2.26 bits per heavy atom. The van der Waals surface area contributed by atoms with E-state index in [4.69, 9.17) is 4.74 Å². The van der Waals surface area contributed by atoms with Crippen LogP contribution in [0.5, 0.6) is 0 Å². The zero-order valence-corrected chi connectivity index (χ0v) is 15.0. The third-order valence-corrected chi connectivity index (χ3v) is 4.74. The van der Waals surface area contributed by atoms with E-state index in [1.807, 2.05) is 37.3 Å². The Balaban J connectivity index is 2.14. The number of rotatable bonds is 4. The average Bonchev–Trinajstić information content (AvgIpc) is 2.53. The molecule has 2 heteroatoms. The molecule has 0 heterocycles. The largest absolute Gasteiger partial charge is 0.457 e. The molecule has 0 unspecified atom stereocenters. The van der Waals surface area contributed by atoms with Crippen LogP contribution < -0.4 is 0 Å². The molecule has 1 fully saturated rings. The van der Waals surface area contributed by atoms with Crippen LogP contribution in [0.1, 0.15) is 65.4 Å². The van der Waals surface area contributed by atoms with Crippen LogP contribution in [0, 0.1) is 11.3 Å². The summed E-state index contributed by atoms with van der Waals surface area (Å²) in [7, 11) is 0. The molecule has 2 nitrogen and oxygen atoms in total. The molecule has 0 N–H and O–H groups in total. The van der Waals surface area contributed by atoms with Crippen molar-refractivity contribution < 1.29 is 9.53 Å². The fraction of sp³-hybridized carbons (Fsp3) is 0.571. The molecule has 0 aromatic heterocycles. The van der Waals surface area contributed by atoms with E-state index in [0.29, 0.717) is 12.5 Å². The molecule has 23 heavy (non-hydrogen) atoms. The molecule has 2 rings (SSSR count). The summed E-state index contributed by atoms with van der Waals surface area (Å²) < 4.78 is 5.56. The maximum atomic E-state index is 12.6. The first-order valence-corrected chi connectivity index (χ1v) is 8.82. The van der Waals surface area contributed by atoms with E-state index < -0.39 is 0 Å². The monoisotopic (exact) mass is 314 g/mol. The number of esters is 1. The van der Waals surface area contributed by atoms with Gasteiger partial charge in [0.25, 0.3) is 0 Å². The summed E-state index contributed by atoms with van der Waals surface area (Å²) in [6.45, 7) is 8.93. The lowest BCUT2D eigenvalue weighted by molar-refractivity contribution is -0.140. The molecule has 1 aromatic carbocycles. The van der Waals surface area contributed by atoms with E-state index in [-0.39, 0.29) is 11.4 Å². The Labute approximate surface area is 140 Å². The van der Waals surface area contributed by atoms with E-state index in [1.54, 1.807) is 0 Å². The van der Waals surface area contributed by atoms with Gasteiger partial charge in [0.15, 0.2) is 0 Å². The predicted molar refractivity (Wildman–Crippen MR) is 95.0 cm³/mol. The van der Waals surface area contributed by atoms with Gasteiger partial charge in [-0.25, -0.2) is 4.79 Å². The highest BCUT2D eigenvalue weighted by Crippen LogP contribution is 2.41. The topological polar surface area (TPSA) is 26.3 Å². The molecular formula is C21H30O2. The minimum atomic E-state index is -0.163. The molecule has 0 bridgehead atoms. The van der Waals surface area contributed by atoms with Crippen molar-refractivity contribution in [3.63, 3.8) is 0 Å². The second kappa shape index (κ2) is 7.81. The van der Waals surface area contributed by atoms with Crippen molar-refractivity contribution >= 4 is 5.97 Å². The van der Waals surface area contributed by atoms with Crippen LogP contribution in [0.2, 0.25) is 0 Å². The van der Waals surface area contributed by atoms with Gasteiger partial charge in [-0.3, -0.25) is 0 Å². The van der Waals surface area contributed by atoms with Crippen molar-refractivity contribution in [2.45, 2.75) is 66.4 Å². The zero-order chi connectivity index (χ0) is 16.9. The SMILES string of the molecule is CC(C(=O)OCc1ccccc1)=C(C1CCCCC1)C(C)(C)C. The number of hydrogen-bond donors (Lipinski definition) is 0. The van der Waals surface area contributed by atoms with E-state index in [0.717, 1.165) is 11.1 Å². The minimum absolute atomic E-state index is 0.0118. The molecule has 0 saturated heterocycles. The van der Waals surface area contributed by atoms with Crippen molar-refractivity contribution in [3.8, 4) is 0 Å². The summed E-state index contributed by atoms with van der Waals surface area (Å²) in [4.78, 5) is 12.6. The molecule has 0 amide bonds. The molecule has 0 atom stereocenters. The third kappa shape index (κ3) is 4.95. The van der Waals surface area contributed by atoms with Crippen LogP contribution in [0.4, 0.5) is 0 Å². The average molecular weight is 314 g/mol. The molecule has 1 aliphatic rings. The standard InChI is InChI=1S/C21H30O2/c1-16(20(22)23-15-17-11-7-5-8-12-17)19(21(2,3)4)18-13-9-6-10-14-18/h5,7-8,11-12,18H,6,9-10,13-15H2,1-4H3. The van der Waals surface area contributed by atoms with E-state index in [2.05, 4.69) is 20.8 Å². The molecule has 0 radical (unpaired) electrons. The number of ether oxygens (including phenoxy) is 1. The van der Waals surface area contributed by atoms with Gasteiger partial charge in [0, 0.05) is 5.57 Å². The predicted octanol–water partition coefficient (Wildman–Crippen LogP) is 5.67. The van der Waals surface area contributed by atoms with Crippen molar-refractivity contribution in [3.05, 3.63) is 47.0 Å². The third-order valence-electron chi connectivity index (χ3n) is 4.74. The molecule has 1 aromatic rings. The first-order chi connectivity index (χ1) is 10.9. The maximum Gasteiger partial charge on any atom is 0.334 e. The van der Waals surface area contributed by atoms with Crippen LogP contribution >= 0.6 is 0 Å². The number of carbonyl (C=O) groups excluding carboxylic acids is 1. The van der Waals surface area contributed by atoms with Gasteiger partial charge in [-0.1, -0.05) is 75.9 Å². The molecule has 0 spiro atoms. The van der Waals surface area contributed by atoms with Gasteiger partial charge in [0.2, 0.25) is 0 Å². The number of allylic oxidation sites excluding steroid dienone is 1. The highest BCUT2D eigenvalue weighted by atomic mass is 16.5. The van der Waals surface area contributed by atoms with Gasteiger partial charge in [-0.15, -0.1) is 0 Å². The lowest BCUT2D eigenvalue weighted by atomic mass is 9.71. The quantitative estimate of drug-likeness (QED) is 0.528. The van der Waals surface area contributed by atoms with E-state index in [9.17, 15) is 4.79 Å². The molecule has 1 saturated carbocycles. The van der Waals surface area contributed by atoms with Crippen LogP contribution in [-0.2, 0) is 16.1 Å². The normalized spacial score (nSPS) is 17.6. The summed E-state index contributed by atoms with van der Waals surface area (Å²) in [5, 5.41) is 0. The van der Waals surface area contributed by atoms with Crippen molar-refractivity contribution in [2.24, 2.45) is 11.3 Å². The van der Waals surface area contributed by atoms with Gasteiger partial charge >= 0.3 is 5.97 Å². The Hall–Kier alpha value is -1.57. The second-order valence-corrected chi connectivity index (χ2v) is 7.69. The first kappa shape index (κ1) is 17.8. The van der Waals surface area contributed by atoms with Crippen LogP contribution in [-0.4, -0.2) is 5.97 Å². The number of hydrogen-bond acceptors (Lipinski definition) is 2. The van der Waals surface area contributed by atoms with Gasteiger partial charge in [-0.05, 0) is 36.7 Å². The molecule has 1 aliphatic carbocycles. The minimum Gasteiger partial charge on any atom is -0.457 e. The Morgan fingerprint density at radius 1 is 1.09 bits per heavy atom. The van der Waals surface area contributed by atoms with Crippen molar-refractivity contribution in [2.75, 3.05) is 0 Å². The summed E-state index contributed by atoms with van der Waals surface area (Å²) in [6.07, 6.45) is 6.28. The number of carbonyl (C=O) groups is 1. The van der Waals surface area contributed by atoms with Gasteiger partial charge < -0.3 is 4.74 Å². The lowest BCUT2D eigenvalue weighted by Gasteiger charge is -2.34.